The molecular weight excluding hydrogens is 262 g/mol. The molecular formula is C18H23NO2. The van der Waals surface area contributed by atoms with Crippen LogP contribution >= 0.6 is 0 Å². The van der Waals surface area contributed by atoms with Crippen LogP contribution < -0.4 is 10.1 Å². The second-order valence-corrected chi connectivity index (χ2v) is 5.53. The molecule has 1 saturated carbocycles. The van der Waals surface area contributed by atoms with Crippen LogP contribution in [0, 0.1) is 0 Å². The maximum atomic E-state index is 5.82. The molecule has 1 aliphatic rings. The van der Waals surface area contributed by atoms with Gasteiger partial charge in [0.25, 0.3) is 0 Å². The topological polar surface area (TPSA) is 34.4 Å². The van der Waals surface area contributed by atoms with E-state index in [1.807, 2.05) is 0 Å². The highest BCUT2D eigenvalue weighted by atomic mass is 16.5. The van der Waals surface area contributed by atoms with Crippen molar-refractivity contribution < 1.29 is 9.15 Å². The van der Waals surface area contributed by atoms with E-state index in [0.29, 0.717) is 6.10 Å². The molecule has 1 fully saturated rings. The van der Waals surface area contributed by atoms with Gasteiger partial charge in [-0.3, -0.25) is 0 Å². The van der Waals surface area contributed by atoms with Crippen molar-refractivity contribution in [3.63, 3.8) is 0 Å². The van der Waals surface area contributed by atoms with E-state index in [2.05, 4.69) is 49.5 Å². The fraction of sp³-hybridized carbons (Fsp3) is 0.444. The molecule has 1 aromatic carbocycles. The molecule has 1 unspecified atom stereocenters. The molecule has 3 nitrogen and oxygen atoms in total. The summed E-state index contributed by atoms with van der Waals surface area (Å²) in [5, 5.41) is 3.55. The normalized spacial score (nSPS) is 15.9. The van der Waals surface area contributed by atoms with Crippen molar-refractivity contribution in [3.05, 3.63) is 53.5 Å². The number of benzene rings is 1. The van der Waals surface area contributed by atoms with Gasteiger partial charge >= 0.3 is 0 Å². The summed E-state index contributed by atoms with van der Waals surface area (Å²) in [5.41, 5.74) is 2.48. The molecule has 0 aliphatic heterocycles. The molecule has 2 aromatic rings. The second kappa shape index (κ2) is 6.35. The number of aryl methyl sites for hydroxylation is 1. The van der Waals surface area contributed by atoms with E-state index in [1.54, 1.807) is 6.26 Å². The Bertz CT molecular complexity index is 569. The Hall–Kier alpha value is -1.74. The first-order valence-electron chi connectivity index (χ1n) is 7.88. The van der Waals surface area contributed by atoms with Gasteiger partial charge in [-0.25, -0.2) is 0 Å². The molecule has 1 aliphatic carbocycles. The zero-order valence-electron chi connectivity index (χ0n) is 12.8. The highest BCUT2D eigenvalue weighted by Gasteiger charge is 2.24. The van der Waals surface area contributed by atoms with E-state index in [0.717, 1.165) is 24.5 Å². The number of hydrogen-bond acceptors (Lipinski definition) is 3. The number of furan rings is 1. The largest absolute Gasteiger partial charge is 0.490 e. The second-order valence-electron chi connectivity index (χ2n) is 5.53. The lowest BCUT2D eigenvalue weighted by molar-refractivity contribution is 0.303. The smallest absolute Gasteiger partial charge is 0.119 e. The molecule has 1 atom stereocenters. The summed E-state index contributed by atoms with van der Waals surface area (Å²) >= 11 is 0. The molecule has 0 amide bonds. The van der Waals surface area contributed by atoms with E-state index in [1.165, 1.54) is 24.0 Å². The first-order valence-corrected chi connectivity index (χ1v) is 7.88. The van der Waals surface area contributed by atoms with Gasteiger partial charge in [-0.05, 0) is 43.1 Å². The minimum absolute atomic E-state index is 0.179. The van der Waals surface area contributed by atoms with Crippen LogP contribution in [0.4, 0.5) is 0 Å². The van der Waals surface area contributed by atoms with Crippen LogP contribution in [0.1, 0.15) is 49.6 Å². The van der Waals surface area contributed by atoms with Crippen molar-refractivity contribution in [3.8, 4) is 5.75 Å². The van der Waals surface area contributed by atoms with Gasteiger partial charge in [-0.15, -0.1) is 0 Å². The van der Waals surface area contributed by atoms with E-state index in [-0.39, 0.29) is 6.04 Å². The van der Waals surface area contributed by atoms with E-state index in [4.69, 9.17) is 9.15 Å². The molecule has 0 saturated heterocycles. The van der Waals surface area contributed by atoms with Crippen molar-refractivity contribution in [1.82, 2.24) is 5.32 Å². The van der Waals surface area contributed by atoms with Crippen molar-refractivity contribution in [2.24, 2.45) is 0 Å². The van der Waals surface area contributed by atoms with Gasteiger partial charge in [0.15, 0.2) is 0 Å². The maximum Gasteiger partial charge on any atom is 0.119 e. The quantitative estimate of drug-likeness (QED) is 0.832. The van der Waals surface area contributed by atoms with E-state index < -0.39 is 0 Å². The molecule has 1 N–H and O–H groups in total. The van der Waals surface area contributed by atoms with Crippen LogP contribution in [0.15, 0.2) is 41.0 Å². The Morgan fingerprint density at radius 3 is 2.57 bits per heavy atom. The summed E-state index contributed by atoms with van der Waals surface area (Å²) in [7, 11) is 0. The van der Waals surface area contributed by atoms with Gasteiger partial charge in [0.2, 0.25) is 0 Å². The number of ether oxygens (including phenoxy) is 1. The predicted molar refractivity (Wildman–Crippen MR) is 83.7 cm³/mol. The van der Waals surface area contributed by atoms with E-state index >= 15 is 0 Å². The van der Waals surface area contributed by atoms with Crippen LogP contribution in [0.25, 0.3) is 0 Å². The standard InChI is InChI=1S/C18H23NO2/c1-3-17-16(11-12-20-17)18(19-4-2)13-5-7-14(8-6-13)21-15-9-10-15/h5-8,11-12,15,18-19H,3-4,9-10H2,1-2H3. The lowest BCUT2D eigenvalue weighted by Gasteiger charge is -2.19. The summed E-state index contributed by atoms with van der Waals surface area (Å²) in [6, 6.07) is 10.7. The lowest BCUT2D eigenvalue weighted by Crippen LogP contribution is -2.22. The Kier molecular flexibility index (Phi) is 4.30. The molecule has 3 rings (SSSR count). The predicted octanol–water partition coefficient (Wildman–Crippen LogP) is 4.08. The summed E-state index contributed by atoms with van der Waals surface area (Å²) in [6.07, 6.45) is 5.52. The van der Waals surface area contributed by atoms with Crippen molar-refractivity contribution in [2.45, 2.75) is 45.3 Å². The fourth-order valence-corrected chi connectivity index (χ4v) is 2.62. The fourth-order valence-electron chi connectivity index (χ4n) is 2.62. The molecule has 0 spiro atoms. The van der Waals surface area contributed by atoms with Gasteiger partial charge in [0, 0.05) is 12.0 Å². The van der Waals surface area contributed by atoms with Gasteiger partial charge in [0.1, 0.15) is 11.5 Å². The zero-order chi connectivity index (χ0) is 14.7. The number of rotatable bonds is 7. The monoisotopic (exact) mass is 285 g/mol. The van der Waals surface area contributed by atoms with Crippen LogP contribution in [-0.2, 0) is 6.42 Å². The maximum absolute atomic E-state index is 5.82. The Morgan fingerprint density at radius 1 is 1.19 bits per heavy atom. The van der Waals surface area contributed by atoms with Gasteiger partial charge in [-0.2, -0.15) is 0 Å². The SMILES string of the molecule is CCNC(c1ccc(OC2CC2)cc1)c1ccoc1CC. The number of nitrogens with one attached hydrogen (secondary N) is 1. The highest BCUT2D eigenvalue weighted by Crippen LogP contribution is 2.30. The van der Waals surface area contributed by atoms with Crippen LogP contribution in [0.2, 0.25) is 0 Å². The average Bonchev–Trinajstić information content (AvgIpc) is 3.20. The molecule has 112 valence electrons. The number of hydrogen-bond donors (Lipinski definition) is 1. The molecule has 3 heteroatoms. The molecule has 0 bridgehead atoms. The zero-order valence-corrected chi connectivity index (χ0v) is 12.8. The van der Waals surface area contributed by atoms with Crippen LogP contribution in [0.3, 0.4) is 0 Å². The minimum atomic E-state index is 0.179. The Balaban J connectivity index is 1.82. The first kappa shape index (κ1) is 14.2. The Morgan fingerprint density at radius 2 is 1.95 bits per heavy atom. The third-order valence-electron chi connectivity index (χ3n) is 3.86. The highest BCUT2D eigenvalue weighted by molar-refractivity contribution is 5.36. The van der Waals surface area contributed by atoms with Gasteiger partial charge < -0.3 is 14.5 Å². The molecule has 1 aromatic heterocycles. The Labute approximate surface area is 126 Å². The van der Waals surface area contributed by atoms with Crippen LogP contribution in [-0.4, -0.2) is 12.6 Å². The van der Waals surface area contributed by atoms with Crippen molar-refractivity contribution >= 4 is 0 Å². The van der Waals surface area contributed by atoms with Crippen LogP contribution in [0.5, 0.6) is 5.75 Å². The first-order chi connectivity index (χ1) is 10.3. The minimum Gasteiger partial charge on any atom is -0.490 e. The van der Waals surface area contributed by atoms with Crippen molar-refractivity contribution in [1.29, 1.82) is 0 Å². The van der Waals surface area contributed by atoms with Gasteiger partial charge in [0.05, 0.1) is 18.4 Å². The van der Waals surface area contributed by atoms with E-state index in [9.17, 15) is 0 Å². The van der Waals surface area contributed by atoms with Crippen molar-refractivity contribution in [2.75, 3.05) is 6.54 Å². The third kappa shape index (κ3) is 3.30. The summed E-state index contributed by atoms with van der Waals surface area (Å²) < 4.78 is 11.4. The summed E-state index contributed by atoms with van der Waals surface area (Å²) in [5.74, 6) is 2.03. The summed E-state index contributed by atoms with van der Waals surface area (Å²) in [6.45, 7) is 5.17. The molecule has 1 heterocycles. The third-order valence-corrected chi connectivity index (χ3v) is 3.86. The molecule has 0 radical (unpaired) electrons. The van der Waals surface area contributed by atoms with Gasteiger partial charge in [-0.1, -0.05) is 26.0 Å². The average molecular weight is 285 g/mol. The lowest BCUT2D eigenvalue weighted by atomic mass is 9.98. The summed E-state index contributed by atoms with van der Waals surface area (Å²) in [4.78, 5) is 0. The molecule has 21 heavy (non-hydrogen) atoms.